The zero-order chi connectivity index (χ0) is 19.3. The van der Waals surface area contributed by atoms with Crippen LogP contribution < -0.4 is 0 Å². The number of rotatable bonds is 6. The maximum atomic E-state index is 13.3. The molecule has 0 aliphatic carbocycles. The van der Waals surface area contributed by atoms with Gasteiger partial charge >= 0.3 is 0 Å². The molecule has 0 aliphatic heterocycles. The molecule has 0 spiro atoms. The summed E-state index contributed by atoms with van der Waals surface area (Å²) in [4.78, 5) is 19.6. The van der Waals surface area contributed by atoms with Gasteiger partial charge in [-0.3, -0.25) is 9.78 Å². The molecule has 0 unspecified atom stereocenters. The predicted octanol–water partition coefficient (Wildman–Crippen LogP) is 5.09. The van der Waals surface area contributed by atoms with Crippen LogP contribution in [0, 0.1) is 6.92 Å². The van der Waals surface area contributed by atoms with Crippen LogP contribution in [0.25, 0.3) is 11.3 Å². The number of carbonyl (C=O) groups excluding carboxylic acids is 1. The molecule has 0 N–H and O–H groups in total. The molecule has 0 saturated carbocycles. The second-order valence-electron chi connectivity index (χ2n) is 6.52. The van der Waals surface area contributed by atoms with Gasteiger partial charge in [-0.15, -0.1) is 0 Å². The molecule has 5 nitrogen and oxygen atoms in total. The number of hydrogen-bond acceptors (Lipinski definition) is 4. The standard InChI is InChI=1S/C23H20N2O3/c1-17-21(11-12-22(24-17)18-7-3-2-4-8-18)23(26)25(15-19-9-5-13-27-19)16-20-10-6-14-28-20/h2-14H,15-16H2,1H3. The quantitative estimate of drug-likeness (QED) is 0.473. The van der Waals surface area contributed by atoms with Crippen LogP contribution in [0.2, 0.25) is 0 Å². The van der Waals surface area contributed by atoms with Gasteiger partial charge in [-0.1, -0.05) is 30.3 Å². The molecule has 0 saturated heterocycles. The number of nitrogens with zero attached hydrogens (tertiary/aromatic N) is 2. The molecule has 1 aromatic carbocycles. The summed E-state index contributed by atoms with van der Waals surface area (Å²) in [6.45, 7) is 2.57. The average molecular weight is 372 g/mol. The van der Waals surface area contributed by atoms with E-state index in [1.54, 1.807) is 17.4 Å². The molecule has 4 rings (SSSR count). The summed E-state index contributed by atoms with van der Waals surface area (Å²) >= 11 is 0. The van der Waals surface area contributed by atoms with Gasteiger partial charge in [-0.2, -0.15) is 0 Å². The van der Waals surface area contributed by atoms with E-state index in [2.05, 4.69) is 4.98 Å². The van der Waals surface area contributed by atoms with E-state index in [0.29, 0.717) is 35.9 Å². The van der Waals surface area contributed by atoms with Crippen molar-refractivity contribution >= 4 is 5.91 Å². The molecule has 3 aromatic heterocycles. The lowest BCUT2D eigenvalue weighted by molar-refractivity contribution is 0.0703. The number of hydrogen-bond donors (Lipinski definition) is 0. The van der Waals surface area contributed by atoms with E-state index in [1.165, 1.54) is 0 Å². The van der Waals surface area contributed by atoms with Gasteiger partial charge in [0.2, 0.25) is 0 Å². The van der Waals surface area contributed by atoms with Gasteiger partial charge in [0.05, 0.1) is 42.6 Å². The van der Waals surface area contributed by atoms with Crippen molar-refractivity contribution in [2.75, 3.05) is 0 Å². The van der Waals surface area contributed by atoms with Gasteiger partial charge in [-0.25, -0.2) is 0 Å². The number of carbonyl (C=O) groups is 1. The summed E-state index contributed by atoms with van der Waals surface area (Å²) in [5.74, 6) is 1.32. The summed E-state index contributed by atoms with van der Waals surface area (Å²) in [5, 5.41) is 0. The lowest BCUT2D eigenvalue weighted by Crippen LogP contribution is -2.30. The van der Waals surface area contributed by atoms with Crippen LogP contribution in [0.3, 0.4) is 0 Å². The van der Waals surface area contributed by atoms with Crippen LogP contribution in [0.1, 0.15) is 27.6 Å². The fourth-order valence-electron chi connectivity index (χ4n) is 3.11. The highest BCUT2D eigenvalue weighted by Crippen LogP contribution is 2.21. The monoisotopic (exact) mass is 372 g/mol. The molecule has 0 fully saturated rings. The molecule has 0 bridgehead atoms. The minimum Gasteiger partial charge on any atom is -0.467 e. The van der Waals surface area contributed by atoms with Crippen molar-refractivity contribution in [3.63, 3.8) is 0 Å². The Morgan fingerprint density at radius 1 is 0.857 bits per heavy atom. The van der Waals surface area contributed by atoms with Crippen LogP contribution in [0.4, 0.5) is 0 Å². The van der Waals surface area contributed by atoms with E-state index >= 15 is 0 Å². The Labute approximate surface area is 163 Å². The topological polar surface area (TPSA) is 59.5 Å². The van der Waals surface area contributed by atoms with E-state index in [-0.39, 0.29) is 5.91 Å². The highest BCUT2D eigenvalue weighted by Gasteiger charge is 2.21. The number of aromatic nitrogens is 1. The Morgan fingerprint density at radius 2 is 1.50 bits per heavy atom. The SMILES string of the molecule is Cc1nc(-c2ccccc2)ccc1C(=O)N(Cc1ccco1)Cc1ccco1. The number of amides is 1. The average Bonchev–Trinajstić information content (AvgIpc) is 3.42. The Kier molecular flexibility index (Phi) is 5.06. The molecular formula is C23H20N2O3. The second kappa shape index (κ2) is 7.96. The number of pyridine rings is 1. The molecule has 140 valence electrons. The van der Waals surface area contributed by atoms with Crippen molar-refractivity contribution in [2.24, 2.45) is 0 Å². The number of furan rings is 2. The molecule has 4 aromatic rings. The van der Waals surface area contributed by atoms with Gasteiger partial charge in [0.1, 0.15) is 11.5 Å². The predicted molar refractivity (Wildman–Crippen MR) is 105 cm³/mol. The molecular weight excluding hydrogens is 352 g/mol. The van der Waals surface area contributed by atoms with Gasteiger partial charge in [0, 0.05) is 5.56 Å². The van der Waals surface area contributed by atoms with Crippen molar-refractivity contribution in [2.45, 2.75) is 20.0 Å². The van der Waals surface area contributed by atoms with Crippen molar-refractivity contribution in [3.05, 3.63) is 102 Å². The summed E-state index contributed by atoms with van der Waals surface area (Å²) in [5.41, 5.74) is 3.12. The highest BCUT2D eigenvalue weighted by molar-refractivity contribution is 5.95. The highest BCUT2D eigenvalue weighted by atomic mass is 16.3. The summed E-state index contributed by atoms with van der Waals surface area (Å²) in [6, 6.07) is 21.0. The van der Waals surface area contributed by atoms with Gasteiger partial charge < -0.3 is 13.7 Å². The van der Waals surface area contributed by atoms with E-state index in [1.807, 2.05) is 73.7 Å². The first-order chi connectivity index (χ1) is 13.7. The van der Waals surface area contributed by atoms with Crippen LogP contribution in [0.15, 0.2) is 88.1 Å². The first kappa shape index (κ1) is 17.8. The Morgan fingerprint density at radius 3 is 2.04 bits per heavy atom. The molecule has 0 radical (unpaired) electrons. The van der Waals surface area contributed by atoms with E-state index in [0.717, 1.165) is 11.3 Å². The maximum absolute atomic E-state index is 13.3. The zero-order valence-electron chi connectivity index (χ0n) is 15.5. The van der Waals surface area contributed by atoms with Crippen molar-refractivity contribution in [1.29, 1.82) is 0 Å². The van der Waals surface area contributed by atoms with E-state index < -0.39 is 0 Å². The smallest absolute Gasteiger partial charge is 0.256 e. The minimum absolute atomic E-state index is 0.114. The number of aryl methyl sites for hydroxylation is 1. The van der Waals surface area contributed by atoms with Crippen molar-refractivity contribution < 1.29 is 13.6 Å². The summed E-state index contributed by atoms with van der Waals surface area (Å²) in [7, 11) is 0. The Hall–Kier alpha value is -3.60. The minimum atomic E-state index is -0.114. The first-order valence-corrected chi connectivity index (χ1v) is 9.08. The lowest BCUT2D eigenvalue weighted by atomic mass is 10.1. The molecule has 1 amide bonds. The normalized spacial score (nSPS) is 10.8. The van der Waals surface area contributed by atoms with E-state index in [9.17, 15) is 4.79 Å². The zero-order valence-corrected chi connectivity index (χ0v) is 15.5. The van der Waals surface area contributed by atoms with Crippen molar-refractivity contribution in [3.8, 4) is 11.3 Å². The number of benzene rings is 1. The maximum Gasteiger partial charge on any atom is 0.256 e. The van der Waals surface area contributed by atoms with Gasteiger partial charge in [-0.05, 0) is 43.3 Å². The molecule has 0 atom stereocenters. The summed E-state index contributed by atoms with van der Waals surface area (Å²) < 4.78 is 10.9. The van der Waals surface area contributed by atoms with Crippen LogP contribution in [-0.4, -0.2) is 15.8 Å². The molecule has 5 heteroatoms. The Balaban J connectivity index is 1.62. The van der Waals surface area contributed by atoms with Crippen LogP contribution in [-0.2, 0) is 13.1 Å². The van der Waals surface area contributed by atoms with Gasteiger partial charge in [0.25, 0.3) is 5.91 Å². The largest absolute Gasteiger partial charge is 0.467 e. The molecule has 0 aliphatic rings. The van der Waals surface area contributed by atoms with Crippen LogP contribution >= 0.6 is 0 Å². The van der Waals surface area contributed by atoms with Gasteiger partial charge in [0.15, 0.2) is 0 Å². The summed E-state index contributed by atoms with van der Waals surface area (Å²) in [6.07, 6.45) is 3.21. The second-order valence-corrected chi connectivity index (χ2v) is 6.52. The Bertz CT molecular complexity index is 1000. The lowest BCUT2D eigenvalue weighted by Gasteiger charge is -2.21. The van der Waals surface area contributed by atoms with Crippen molar-refractivity contribution in [1.82, 2.24) is 9.88 Å². The third kappa shape index (κ3) is 3.88. The fraction of sp³-hybridized carbons (Fsp3) is 0.130. The third-order valence-corrected chi connectivity index (χ3v) is 4.53. The van der Waals surface area contributed by atoms with E-state index in [4.69, 9.17) is 8.83 Å². The molecule has 3 heterocycles. The van der Waals surface area contributed by atoms with Crippen LogP contribution in [0.5, 0.6) is 0 Å². The first-order valence-electron chi connectivity index (χ1n) is 9.08. The third-order valence-electron chi connectivity index (χ3n) is 4.53. The molecule has 28 heavy (non-hydrogen) atoms. The fourth-order valence-corrected chi connectivity index (χ4v) is 3.11.